The van der Waals surface area contributed by atoms with Crippen LogP contribution >= 0.6 is 0 Å². The molecule has 0 bridgehead atoms. The van der Waals surface area contributed by atoms with Gasteiger partial charge < -0.3 is 11.1 Å². The van der Waals surface area contributed by atoms with Crippen LogP contribution in [0.4, 0.5) is 0 Å². The molecule has 1 heterocycles. The van der Waals surface area contributed by atoms with Gasteiger partial charge in [0.1, 0.15) is 0 Å². The molecule has 76 valence electrons. The quantitative estimate of drug-likeness (QED) is 0.706. The van der Waals surface area contributed by atoms with Gasteiger partial charge in [-0.05, 0) is 11.6 Å². The summed E-state index contributed by atoms with van der Waals surface area (Å²) in [6.45, 7) is 3.12. The molecule has 3 N–H and O–H groups in total. The van der Waals surface area contributed by atoms with E-state index >= 15 is 0 Å². The van der Waals surface area contributed by atoms with E-state index in [0.29, 0.717) is 13.1 Å². The Morgan fingerprint density at radius 1 is 1.71 bits per heavy atom. The van der Waals surface area contributed by atoms with E-state index < -0.39 is 0 Å². The van der Waals surface area contributed by atoms with Crippen molar-refractivity contribution in [1.29, 1.82) is 0 Å². The molecule has 0 aliphatic heterocycles. The van der Waals surface area contributed by atoms with Gasteiger partial charge in [0.2, 0.25) is 5.91 Å². The van der Waals surface area contributed by atoms with Gasteiger partial charge >= 0.3 is 0 Å². The largest absolute Gasteiger partial charge is 0.369 e. The number of nitrogens with two attached hydrogens (primary N) is 1. The first-order valence-corrected chi connectivity index (χ1v) is 4.59. The Morgan fingerprint density at radius 2 is 2.50 bits per heavy atom. The van der Waals surface area contributed by atoms with Crippen molar-refractivity contribution in [3.8, 4) is 0 Å². The van der Waals surface area contributed by atoms with E-state index in [2.05, 4.69) is 10.3 Å². The van der Waals surface area contributed by atoms with Crippen molar-refractivity contribution in [2.24, 2.45) is 11.7 Å². The molecule has 4 heteroatoms. The molecule has 0 spiro atoms. The highest BCUT2D eigenvalue weighted by molar-refractivity contribution is 5.76. The zero-order valence-electron chi connectivity index (χ0n) is 8.23. The second-order valence-electron chi connectivity index (χ2n) is 3.30. The SMILES string of the molecule is CC(CNCc1cccnc1)C(N)=O. The molecule has 1 aromatic rings. The van der Waals surface area contributed by atoms with Crippen LogP contribution in [0.2, 0.25) is 0 Å². The van der Waals surface area contributed by atoms with Crippen LogP contribution in [-0.2, 0) is 11.3 Å². The maximum Gasteiger partial charge on any atom is 0.221 e. The number of carbonyl (C=O) groups is 1. The summed E-state index contributed by atoms with van der Waals surface area (Å²) in [4.78, 5) is 14.7. The van der Waals surface area contributed by atoms with Gasteiger partial charge in [0, 0.05) is 31.4 Å². The van der Waals surface area contributed by atoms with E-state index in [0.717, 1.165) is 5.56 Å². The van der Waals surface area contributed by atoms with Gasteiger partial charge in [-0.25, -0.2) is 0 Å². The molecule has 1 rings (SSSR count). The highest BCUT2D eigenvalue weighted by atomic mass is 16.1. The molecule has 0 aliphatic rings. The summed E-state index contributed by atoms with van der Waals surface area (Å²) in [6, 6.07) is 3.86. The molecule has 1 aromatic heterocycles. The van der Waals surface area contributed by atoms with Crippen molar-refractivity contribution >= 4 is 5.91 Å². The Kier molecular flexibility index (Phi) is 4.07. The first kappa shape index (κ1) is 10.7. The van der Waals surface area contributed by atoms with Crippen molar-refractivity contribution in [2.75, 3.05) is 6.54 Å². The van der Waals surface area contributed by atoms with E-state index in [-0.39, 0.29) is 11.8 Å². The highest BCUT2D eigenvalue weighted by Crippen LogP contribution is 1.96. The lowest BCUT2D eigenvalue weighted by Gasteiger charge is -2.08. The summed E-state index contributed by atoms with van der Waals surface area (Å²) in [5.74, 6) is -0.407. The van der Waals surface area contributed by atoms with Crippen molar-refractivity contribution in [3.63, 3.8) is 0 Å². The maximum atomic E-state index is 10.7. The smallest absolute Gasteiger partial charge is 0.221 e. The standard InChI is InChI=1S/C10H15N3O/c1-8(10(11)14)5-13-7-9-3-2-4-12-6-9/h2-4,6,8,13H,5,7H2,1H3,(H2,11,14). The minimum atomic E-state index is -0.274. The Labute approximate surface area is 83.5 Å². The Morgan fingerprint density at radius 3 is 3.07 bits per heavy atom. The van der Waals surface area contributed by atoms with Crippen molar-refractivity contribution in [2.45, 2.75) is 13.5 Å². The average molecular weight is 193 g/mol. The molecule has 0 aromatic carbocycles. The Hall–Kier alpha value is -1.42. The zero-order chi connectivity index (χ0) is 10.4. The minimum Gasteiger partial charge on any atom is -0.369 e. The van der Waals surface area contributed by atoms with Crippen LogP contribution in [-0.4, -0.2) is 17.4 Å². The van der Waals surface area contributed by atoms with Gasteiger partial charge in [-0.3, -0.25) is 9.78 Å². The fourth-order valence-corrected chi connectivity index (χ4v) is 1.04. The number of nitrogens with one attached hydrogen (secondary N) is 1. The Bertz CT molecular complexity index is 287. The topological polar surface area (TPSA) is 68.0 Å². The van der Waals surface area contributed by atoms with Gasteiger partial charge in [0.05, 0.1) is 0 Å². The summed E-state index contributed by atoms with van der Waals surface area (Å²) in [6.07, 6.45) is 3.53. The van der Waals surface area contributed by atoms with Crippen LogP contribution in [0.25, 0.3) is 0 Å². The molecule has 0 fully saturated rings. The summed E-state index contributed by atoms with van der Waals surface area (Å²) < 4.78 is 0. The lowest BCUT2D eigenvalue weighted by molar-refractivity contribution is -0.121. The van der Waals surface area contributed by atoms with E-state index in [1.165, 1.54) is 0 Å². The monoisotopic (exact) mass is 193 g/mol. The predicted octanol–water partition coefficient (Wildman–Crippen LogP) is 0.293. The molecular weight excluding hydrogens is 178 g/mol. The van der Waals surface area contributed by atoms with Gasteiger partial charge in [-0.1, -0.05) is 13.0 Å². The third-order valence-electron chi connectivity index (χ3n) is 1.99. The lowest BCUT2D eigenvalue weighted by Crippen LogP contribution is -2.30. The maximum absolute atomic E-state index is 10.7. The van der Waals surface area contributed by atoms with Gasteiger partial charge in [0.15, 0.2) is 0 Å². The lowest BCUT2D eigenvalue weighted by atomic mass is 10.1. The number of carbonyl (C=O) groups excluding carboxylic acids is 1. The number of hydrogen-bond acceptors (Lipinski definition) is 3. The molecule has 0 radical (unpaired) electrons. The molecule has 4 nitrogen and oxygen atoms in total. The zero-order valence-corrected chi connectivity index (χ0v) is 8.23. The van der Waals surface area contributed by atoms with E-state index in [1.807, 2.05) is 12.1 Å². The van der Waals surface area contributed by atoms with Crippen LogP contribution in [0.1, 0.15) is 12.5 Å². The second kappa shape index (κ2) is 5.34. The highest BCUT2D eigenvalue weighted by Gasteiger charge is 2.06. The van der Waals surface area contributed by atoms with Gasteiger partial charge in [0.25, 0.3) is 0 Å². The summed E-state index contributed by atoms with van der Waals surface area (Å²) in [5, 5.41) is 3.14. The second-order valence-corrected chi connectivity index (χ2v) is 3.30. The molecule has 1 atom stereocenters. The van der Waals surface area contributed by atoms with Crippen LogP contribution in [0.3, 0.4) is 0 Å². The summed E-state index contributed by atoms with van der Waals surface area (Å²) in [7, 11) is 0. The van der Waals surface area contributed by atoms with E-state index in [1.54, 1.807) is 19.3 Å². The van der Waals surface area contributed by atoms with Crippen LogP contribution < -0.4 is 11.1 Å². The van der Waals surface area contributed by atoms with Crippen LogP contribution in [0.5, 0.6) is 0 Å². The predicted molar refractivity (Wildman–Crippen MR) is 54.3 cm³/mol. The first-order chi connectivity index (χ1) is 6.70. The number of rotatable bonds is 5. The number of amides is 1. The molecule has 14 heavy (non-hydrogen) atoms. The fraction of sp³-hybridized carbons (Fsp3) is 0.400. The van der Waals surface area contributed by atoms with E-state index in [4.69, 9.17) is 5.73 Å². The molecule has 1 amide bonds. The van der Waals surface area contributed by atoms with Gasteiger partial charge in [-0.15, -0.1) is 0 Å². The fourth-order valence-electron chi connectivity index (χ4n) is 1.04. The molecule has 0 saturated carbocycles. The number of primary amides is 1. The third kappa shape index (κ3) is 3.53. The molecule has 0 saturated heterocycles. The number of aromatic nitrogens is 1. The molecular formula is C10H15N3O. The number of pyridine rings is 1. The number of nitrogens with zero attached hydrogens (tertiary/aromatic N) is 1. The average Bonchev–Trinajstić information content (AvgIpc) is 2.19. The van der Waals surface area contributed by atoms with Crippen molar-refractivity contribution < 1.29 is 4.79 Å². The summed E-state index contributed by atoms with van der Waals surface area (Å²) in [5.41, 5.74) is 6.23. The number of hydrogen-bond donors (Lipinski definition) is 2. The minimum absolute atomic E-state index is 0.133. The molecule has 1 unspecified atom stereocenters. The first-order valence-electron chi connectivity index (χ1n) is 4.59. The van der Waals surface area contributed by atoms with Gasteiger partial charge in [-0.2, -0.15) is 0 Å². The normalized spacial score (nSPS) is 12.4. The van der Waals surface area contributed by atoms with Crippen LogP contribution in [0.15, 0.2) is 24.5 Å². The van der Waals surface area contributed by atoms with E-state index in [9.17, 15) is 4.79 Å². The Balaban J connectivity index is 2.26. The third-order valence-corrected chi connectivity index (χ3v) is 1.99. The van der Waals surface area contributed by atoms with Crippen LogP contribution in [0, 0.1) is 5.92 Å². The molecule has 0 aliphatic carbocycles. The van der Waals surface area contributed by atoms with Crippen molar-refractivity contribution in [1.82, 2.24) is 10.3 Å². The van der Waals surface area contributed by atoms with Crippen molar-refractivity contribution in [3.05, 3.63) is 30.1 Å². The summed E-state index contributed by atoms with van der Waals surface area (Å²) >= 11 is 0.